The van der Waals surface area contributed by atoms with Crippen LogP contribution >= 0.6 is 0 Å². The topological polar surface area (TPSA) is 131 Å². The van der Waals surface area contributed by atoms with Gasteiger partial charge in [0, 0.05) is 6.20 Å². The third-order valence-corrected chi connectivity index (χ3v) is 5.58. The van der Waals surface area contributed by atoms with Crippen LogP contribution in [-0.4, -0.2) is 34.6 Å². The number of ether oxygens (including phenoxy) is 1. The van der Waals surface area contributed by atoms with Crippen LogP contribution in [0.25, 0.3) is 0 Å². The van der Waals surface area contributed by atoms with Crippen molar-refractivity contribution in [3.05, 3.63) is 77.5 Å². The summed E-state index contributed by atoms with van der Waals surface area (Å²) in [7, 11) is 0. The zero-order chi connectivity index (χ0) is 26.6. The summed E-state index contributed by atoms with van der Waals surface area (Å²) < 4.78 is 58.4. The maximum absolute atomic E-state index is 13.3. The average Bonchev–Trinajstić information content (AvgIpc) is 3.32. The van der Waals surface area contributed by atoms with Gasteiger partial charge in [-0.3, -0.25) is 14.6 Å². The van der Waals surface area contributed by atoms with E-state index < -0.39 is 35.6 Å². The molecule has 0 aliphatic carbocycles. The molecule has 1 unspecified atom stereocenters. The van der Waals surface area contributed by atoms with Gasteiger partial charge in [0.05, 0.1) is 53.5 Å². The van der Waals surface area contributed by atoms with Gasteiger partial charge in [-0.1, -0.05) is 0 Å². The number of nitrogens with one attached hydrogen (secondary N) is 3. The number of halogens is 4. The largest absolute Gasteiger partial charge is 0.418 e. The van der Waals surface area contributed by atoms with Gasteiger partial charge in [-0.05, 0) is 48.9 Å². The third kappa shape index (κ3) is 6.50. The van der Waals surface area contributed by atoms with Crippen LogP contribution in [-0.2, 0) is 22.3 Å². The second-order valence-electron chi connectivity index (χ2n) is 8.20. The molecule has 1 aromatic carbocycles. The van der Waals surface area contributed by atoms with Gasteiger partial charge in [0.2, 0.25) is 5.91 Å². The van der Waals surface area contributed by atoms with E-state index in [-0.39, 0.29) is 41.8 Å². The second kappa shape index (κ2) is 10.8. The van der Waals surface area contributed by atoms with Gasteiger partial charge < -0.3 is 26.4 Å². The smallest absolute Gasteiger partial charge is 0.384 e. The fourth-order valence-corrected chi connectivity index (χ4v) is 3.68. The van der Waals surface area contributed by atoms with Gasteiger partial charge in [0.15, 0.2) is 0 Å². The molecule has 4 rings (SSSR count). The fourth-order valence-electron chi connectivity index (χ4n) is 3.68. The molecule has 1 aliphatic rings. The van der Waals surface area contributed by atoms with Crippen molar-refractivity contribution in [3.63, 3.8) is 0 Å². The number of pyridine rings is 2. The number of anilines is 3. The van der Waals surface area contributed by atoms with E-state index in [2.05, 4.69) is 25.9 Å². The number of carbonyl (C=O) groups excluding carboxylic acids is 2. The molecule has 0 saturated carbocycles. The van der Waals surface area contributed by atoms with Crippen molar-refractivity contribution in [2.24, 2.45) is 5.92 Å². The predicted molar refractivity (Wildman–Crippen MR) is 125 cm³/mol. The highest BCUT2D eigenvalue weighted by Gasteiger charge is 2.36. The van der Waals surface area contributed by atoms with Crippen molar-refractivity contribution in [1.82, 2.24) is 20.6 Å². The highest BCUT2D eigenvalue weighted by atomic mass is 19.4. The number of aromatic nitrogens is 2. The van der Waals surface area contributed by atoms with Crippen LogP contribution in [0, 0.1) is 11.7 Å². The van der Waals surface area contributed by atoms with Gasteiger partial charge in [0.1, 0.15) is 17.9 Å². The summed E-state index contributed by atoms with van der Waals surface area (Å²) in [5.74, 6) is -2.19. The molecule has 1 saturated heterocycles. The van der Waals surface area contributed by atoms with E-state index in [4.69, 9.17) is 10.5 Å². The first-order chi connectivity index (χ1) is 17.6. The number of nitrogens with zero attached hydrogens (tertiary/aromatic N) is 2. The van der Waals surface area contributed by atoms with Crippen molar-refractivity contribution in [2.75, 3.05) is 17.7 Å². The number of hydrogen-bond acceptors (Lipinski definition) is 7. The van der Waals surface area contributed by atoms with Crippen molar-refractivity contribution in [3.8, 4) is 0 Å². The molecule has 13 heteroatoms. The summed E-state index contributed by atoms with van der Waals surface area (Å²) in [5.41, 5.74) is 5.02. The van der Waals surface area contributed by atoms with Crippen LogP contribution in [0.1, 0.15) is 28.0 Å². The highest BCUT2D eigenvalue weighted by molar-refractivity contribution is 5.94. The molecular formula is C24H22F4N6O3. The summed E-state index contributed by atoms with van der Waals surface area (Å²) in [5, 5.41) is 7.97. The fraction of sp³-hybridized carbons (Fsp3) is 0.250. The molecule has 194 valence electrons. The van der Waals surface area contributed by atoms with Gasteiger partial charge in [-0.25, -0.2) is 9.37 Å². The molecule has 2 atom stereocenters. The Labute approximate surface area is 208 Å². The van der Waals surface area contributed by atoms with Crippen molar-refractivity contribution >= 4 is 29.0 Å². The molecule has 9 nitrogen and oxygen atoms in total. The van der Waals surface area contributed by atoms with E-state index in [1.165, 1.54) is 36.7 Å². The van der Waals surface area contributed by atoms with Gasteiger partial charge in [0.25, 0.3) is 5.91 Å². The number of rotatable bonds is 7. The van der Waals surface area contributed by atoms with Crippen molar-refractivity contribution < 1.29 is 31.9 Å². The maximum atomic E-state index is 13.3. The molecule has 1 fully saturated rings. The predicted octanol–water partition coefficient (Wildman–Crippen LogP) is 3.37. The average molecular weight is 518 g/mol. The van der Waals surface area contributed by atoms with E-state index in [0.29, 0.717) is 18.2 Å². The zero-order valence-corrected chi connectivity index (χ0v) is 19.2. The molecular weight excluding hydrogens is 496 g/mol. The Morgan fingerprint density at radius 2 is 1.89 bits per heavy atom. The van der Waals surface area contributed by atoms with Crippen LogP contribution < -0.4 is 21.7 Å². The van der Waals surface area contributed by atoms with Crippen molar-refractivity contribution in [1.29, 1.82) is 0 Å². The number of nitrogens with two attached hydrogens (primary N) is 1. The molecule has 3 aromatic rings. The quantitative estimate of drug-likeness (QED) is 0.353. The van der Waals surface area contributed by atoms with Crippen LogP contribution in [0.15, 0.2) is 54.9 Å². The van der Waals surface area contributed by atoms with Crippen LogP contribution in [0.3, 0.4) is 0 Å². The highest BCUT2D eigenvalue weighted by Crippen LogP contribution is 2.36. The maximum Gasteiger partial charge on any atom is 0.418 e. The molecule has 0 radical (unpaired) electrons. The molecule has 0 spiro atoms. The Balaban J connectivity index is 1.33. The lowest BCUT2D eigenvalue weighted by atomic mass is 10.0. The minimum atomic E-state index is -4.74. The Morgan fingerprint density at radius 1 is 1.08 bits per heavy atom. The van der Waals surface area contributed by atoms with Crippen LogP contribution in [0.2, 0.25) is 0 Å². The lowest BCUT2D eigenvalue weighted by Crippen LogP contribution is -2.44. The summed E-state index contributed by atoms with van der Waals surface area (Å²) >= 11 is 0. The summed E-state index contributed by atoms with van der Waals surface area (Å²) in [6, 6.07) is 8.33. The van der Waals surface area contributed by atoms with Crippen molar-refractivity contribution in [2.45, 2.75) is 25.4 Å². The standard InChI is InChI=1S/C24H22F4N6O3/c25-14-2-5-19(18(9-14)24(26,27)28)33-16-4-3-15(30-12-16)11-32-22(36)17-7-8-37-23(17)34-21(35)13-1-6-20(29)31-10-13/h1-6,9-10,12,17,23,33H,7-8,11H2,(H2,29,31)(H,32,36)(H,34,35)/t17?,23-/m0/s1. The SMILES string of the molecule is Nc1ccc(C(=O)N[C@H]2OCCC2C(=O)NCc2ccc(Nc3ccc(F)cc3C(F)(F)F)cn2)cn1. The first-order valence-corrected chi connectivity index (χ1v) is 11.1. The lowest BCUT2D eigenvalue weighted by molar-refractivity contribution is -0.137. The lowest BCUT2D eigenvalue weighted by Gasteiger charge is -2.19. The first kappa shape index (κ1) is 25.8. The summed E-state index contributed by atoms with van der Waals surface area (Å²) in [4.78, 5) is 33.1. The van der Waals surface area contributed by atoms with E-state index >= 15 is 0 Å². The van der Waals surface area contributed by atoms with E-state index in [1.807, 2.05) is 0 Å². The molecule has 2 aromatic heterocycles. The van der Waals surface area contributed by atoms with Gasteiger partial charge in [-0.2, -0.15) is 13.2 Å². The second-order valence-corrected chi connectivity index (χ2v) is 8.20. The number of nitrogen functional groups attached to an aromatic ring is 1. The molecule has 2 amide bonds. The van der Waals surface area contributed by atoms with Crippen LogP contribution in [0.4, 0.5) is 34.8 Å². The zero-order valence-electron chi connectivity index (χ0n) is 19.2. The normalized spacial score (nSPS) is 17.3. The molecule has 3 heterocycles. The molecule has 37 heavy (non-hydrogen) atoms. The van der Waals surface area contributed by atoms with E-state index in [9.17, 15) is 27.2 Å². The Hall–Kier alpha value is -4.26. The number of hydrogen-bond donors (Lipinski definition) is 4. The number of benzene rings is 1. The third-order valence-electron chi connectivity index (χ3n) is 5.58. The Bertz CT molecular complexity index is 1270. The molecule has 0 bridgehead atoms. The Kier molecular flexibility index (Phi) is 7.53. The first-order valence-electron chi connectivity index (χ1n) is 11.1. The summed E-state index contributed by atoms with van der Waals surface area (Å²) in [6.45, 7) is 0.327. The minimum absolute atomic E-state index is 0.0442. The minimum Gasteiger partial charge on any atom is -0.384 e. The van der Waals surface area contributed by atoms with E-state index in [1.54, 1.807) is 0 Å². The number of carbonyl (C=O) groups is 2. The number of alkyl halides is 3. The van der Waals surface area contributed by atoms with E-state index in [0.717, 1.165) is 12.1 Å². The van der Waals surface area contributed by atoms with Gasteiger partial charge >= 0.3 is 6.18 Å². The Morgan fingerprint density at radius 3 is 2.57 bits per heavy atom. The van der Waals surface area contributed by atoms with Gasteiger partial charge in [-0.15, -0.1) is 0 Å². The number of amides is 2. The monoisotopic (exact) mass is 518 g/mol. The molecule has 1 aliphatic heterocycles. The summed E-state index contributed by atoms with van der Waals surface area (Å²) in [6.07, 6.45) is -2.56. The molecule has 5 N–H and O–H groups in total. The van der Waals surface area contributed by atoms with Crippen LogP contribution in [0.5, 0.6) is 0 Å².